The predicted octanol–water partition coefficient (Wildman–Crippen LogP) is 6.85. The van der Waals surface area contributed by atoms with Crippen molar-refractivity contribution in [2.75, 3.05) is 13.2 Å². The van der Waals surface area contributed by atoms with Crippen LogP contribution in [0.3, 0.4) is 0 Å². The molecule has 0 bridgehead atoms. The fourth-order valence-corrected chi connectivity index (χ4v) is 4.35. The minimum Gasteiger partial charge on any atom is -0.482 e. The van der Waals surface area contributed by atoms with Crippen LogP contribution in [0.2, 0.25) is 20.1 Å². The number of ether oxygens (including phenoxy) is 1. The summed E-state index contributed by atoms with van der Waals surface area (Å²) in [5.41, 5.74) is 1.64. The van der Waals surface area contributed by atoms with E-state index in [2.05, 4.69) is 5.32 Å². The average Bonchev–Trinajstić information content (AvgIpc) is 2.86. The minimum atomic E-state index is -0.787. The van der Waals surface area contributed by atoms with E-state index in [0.29, 0.717) is 33.8 Å². The highest BCUT2D eigenvalue weighted by Gasteiger charge is 2.30. The molecule has 0 aliphatic rings. The van der Waals surface area contributed by atoms with Crippen LogP contribution in [0.5, 0.6) is 5.75 Å². The monoisotopic (exact) mass is 566 g/mol. The molecule has 3 rings (SSSR count). The minimum absolute atomic E-state index is 0.129. The van der Waals surface area contributed by atoms with Gasteiger partial charge < -0.3 is 15.0 Å². The summed E-state index contributed by atoms with van der Waals surface area (Å²) in [4.78, 5) is 28.4. The van der Waals surface area contributed by atoms with Crippen LogP contribution in [0.4, 0.5) is 0 Å². The third-order valence-corrected chi connectivity index (χ3v) is 6.67. The van der Waals surface area contributed by atoms with Crippen molar-refractivity contribution in [2.24, 2.45) is 0 Å². The lowest BCUT2D eigenvalue weighted by Gasteiger charge is -2.31. The Labute approximate surface area is 231 Å². The quantitative estimate of drug-likeness (QED) is 0.276. The summed E-state index contributed by atoms with van der Waals surface area (Å²) in [6, 6.07) is 18.6. The van der Waals surface area contributed by atoms with Gasteiger partial charge in [-0.3, -0.25) is 9.59 Å². The summed E-state index contributed by atoms with van der Waals surface area (Å²) < 4.78 is 5.72. The predicted molar refractivity (Wildman–Crippen MR) is 146 cm³/mol. The van der Waals surface area contributed by atoms with Crippen molar-refractivity contribution in [1.82, 2.24) is 10.2 Å². The SMILES string of the molecule is CCCNC(=O)[C@H](Cc1ccccc1)N(Cc1ccc(Cl)c(Cl)c1)C(=O)COc1ccc(Cl)cc1Cl. The van der Waals surface area contributed by atoms with Crippen molar-refractivity contribution in [3.05, 3.63) is 97.9 Å². The maximum absolute atomic E-state index is 13.6. The fraction of sp³-hybridized carbons (Fsp3) is 0.259. The highest BCUT2D eigenvalue weighted by Crippen LogP contribution is 2.28. The first kappa shape index (κ1) is 28.1. The van der Waals surface area contributed by atoms with Crippen LogP contribution in [0.15, 0.2) is 66.7 Å². The maximum atomic E-state index is 13.6. The molecular weight excluding hydrogens is 542 g/mol. The van der Waals surface area contributed by atoms with Crippen LogP contribution >= 0.6 is 46.4 Å². The van der Waals surface area contributed by atoms with Gasteiger partial charge in [-0.25, -0.2) is 0 Å². The van der Waals surface area contributed by atoms with Gasteiger partial charge in [-0.2, -0.15) is 0 Å². The van der Waals surface area contributed by atoms with Crippen molar-refractivity contribution in [2.45, 2.75) is 32.4 Å². The Morgan fingerprint density at radius 3 is 2.31 bits per heavy atom. The van der Waals surface area contributed by atoms with E-state index in [4.69, 9.17) is 51.1 Å². The molecule has 0 saturated heterocycles. The lowest BCUT2D eigenvalue weighted by molar-refractivity contribution is -0.142. The van der Waals surface area contributed by atoms with E-state index in [9.17, 15) is 9.59 Å². The third-order valence-electron chi connectivity index (χ3n) is 5.40. The molecule has 0 saturated carbocycles. The molecule has 0 spiro atoms. The van der Waals surface area contributed by atoms with E-state index in [1.165, 1.54) is 11.0 Å². The molecule has 0 aliphatic carbocycles. The molecule has 3 aromatic carbocycles. The number of halogens is 4. The number of rotatable bonds is 11. The molecule has 9 heteroatoms. The van der Waals surface area contributed by atoms with Gasteiger partial charge >= 0.3 is 0 Å². The lowest BCUT2D eigenvalue weighted by Crippen LogP contribution is -2.51. The van der Waals surface area contributed by atoms with Gasteiger partial charge in [0.25, 0.3) is 5.91 Å². The summed E-state index contributed by atoms with van der Waals surface area (Å²) >= 11 is 24.5. The molecule has 1 atom stereocenters. The van der Waals surface area contributed by atoms with Gasteiger partial charge in [0.2, 0.25) is 5.91 Å². The second kappa shape index (κ2) is 13.8. The van der Waals surface area contributed by atoms with Crippen molar-refractivity contribution >= 4 is 58.2 Å². The van der Waals surface area contributed by atoms with E-state index in [1.807, 2.05) is 37.3 Å². The van der Waals surface area contributed by atoms with Crippen LogP contribution in [-0.2, 0) is 22.6 Å². The van der Waals surface area contributed by atoms with Gasteiger partial charge in [0.15, 0.2) is 6.61 Å². The van der Waals surface area contributed by atoms with Crippen LogP contribution in [0, 0.1) is 0 Å². The molecule has 190 valence electrons. The molecule has 0 unspecified atom stereocenters. The molecule has 36 heavy (non-hydrogen) atoms. The first-order chi connectivity index (χ1) is 17.3. The maximum Gasteiger partial charge on any atom is 0.261 e. The Morgan fingerprint density at radius 2 is 1.64 bits per heavy atom. The van der Waals surface area contributed by atoms with Gasteiger partial charge in [0.05, 0.1) is 15.1 Å². The average molecular weight is 568 g/mol. The van der Waals surface area contributed by atoms with Crippen molar-refractivity contribution in [3.8, 4) is 5.75 Å². The molecule has 0 aliphatic heterocycles. The number of benzene rings is 3. The second-order valence-corrected chi connectivity index (χ2v) is 9.79. The van der Waals surface area contributed by atoms with Crippen molar-refractivity contribution < 1.29 is 14.3 Å². The highest BCUT2D eigenvalue weighted by atomic mass is 35.5. The zero-order valence-corrected chi connectivity index (χ0v) is 22.7. The number of nitrogens with one attached hydrogen (secondary N) is 1. The number of amides is 2. The van der Waals surface area contributed by atoms with Gasteiger partial charge in [-0.05, 0) is 47.9 Å². The molecule has 5 nitrogen and oxygen atoms in total. The number of hydrogen-bond donors (Lipinski definition) is 1. The number of nitrogens with zero attached hydrogens (tertiary/aromatic N) is 1. The third kappa shape index (κ3) is 8.04. The summed E-state index contributed by atoms with van der Waals surface area (Å²) in [7, 11) is 0. The zero-order valence-electron chi connectivity index (χ0n) is 19.6. The summed E-state index contributed by atoms with van der Waals surface area (Å²) in [5, 5.41) is 4.43. The van der Waals surface area contributed by atoms with Gasteiger partial charge in [0, 0.05) is 24.5 Å². The first-order valence-corrected chi connectivity index (χ1v) is 12.9. The number of carbonyl (C=O) groups is 2. The van der Waals surface area contributed by atoms with Crippen LogP contribution < -0.4 is 10.1 Å². The first-order valence-electron chi connectivity index (χ1n) is 11.4. The molecule has 0 radical (unpaired) electrons. The summed E-state index contributed by atoms with van der Waals surface area (Å²) in [6.07, 6.45) is 1.09. The highest BCUT2D eigenvalue weighted by molar-refractivity contribution is 6.42. The van der Waals surface area contributed by atoms with E-state index in [-0.39, 0.29) is 30.0 Å². The molecule has 0 fully saturated rings. The Balaban J connectivity index is 1.92. The summed E-state index contributed by atoms with van der Waals surface area (Å²) in [5.74, 6) is -0.322. The Morgan fingerprint density at radius 1 is 0.889 bits per heavy atom. The molecule has 2 amide bonds. The lowest BCUT2D eigenvalue weighted by atomic mass is 10.0. The van der Waals surface area contributed by atoms with E-state index in [1.54, 1.807) is 30.3 Å². The largest absolute Gasteiger partial charge is 0.482 e. The smallest absolute Gasteiger partial charge is 0.261 e. The van der Waals surface area contributed by atoms with E-state index < -0.39 is 6.04 Å². The molecule has 3 aromatic rings. The number of carbonyl (C=O) groups excluding carboxylic acids is 2. The zero-order chi connectivity index (χ0) is 26.1. The fourth-order valence-electron chi connectivity index (χ4n) is 3.57. The van der Waals surface area contributed by atoms with Gasteiger partial charge in [0.1, 0.15) is 11.8 Å². The van der Waals surface area contributed by atoms with E-state index >= 15 is 0 Å². The Kier molecular flexibility index (Phi) is 10.7. The van der Waals surface area contributed by atoms with Crippen LogP contribution in [-0.4, -0.2) is 35.9 Å². The van der Waals surface area contributed by atoms with Gasteiger partial charge in [-0.1, -0.05) is 89.7 Å². The topological polar surface area (TPSA) is 58.6 Å². The standard InChI is InChI=1S/C27H26Cl4N2O3/c1-2-12-32-27(35)24(14-18-6-4-3-5-7-18)33(16-19-8-10-21(29)22(30)13-19)26(34)17-36-25-11-9-20(28)15-23(25)31/h3-11,13,15,24H,2,12,14,16-17H2,1H3,(H,32,35)/t24-/m0/s1. The van der Waals surface area contributed by atoms with Gasteiger partial charge in [-0.15, -0.1) is 0 Å². The summed E-state index contributed by atoms with van der Waals surface area (Å²) in [6.45, 7) is 2.27. The molecule has 0 heterocycles. The molecule has 0 aromatic heterocycles. The molecular formula is C27H26Cl4N2O3. The van der Waals surface area contributed by atoms with Crippen molar-refractivity contribution in [1.29, 1.82) is 0 Å². The normalized spacial score (nSPS) is 11.6. The molecule has 1 N–H and O–H groups in total. The van der Waals surface area contributed by atoms with Crippen LogP contribution in [0.25, 0.3) is 0 Å². The second-order valence-electron chi connectivity index (χ2n) is 8.13. The van der Waals surface area contributed by atoms with Crippen molar-refractivity contribution in [3.63, 3.8) is 0 Å². The number of hydrogen-bond acceptors (Lipinski definition) is 3. The Hall–Kier alpha value is -2.44. The van der Waals surface area contributed by atoms with Crippen LogP contribution in [0.1, 0.15) is 24.5 Å². The van der Waals surface area contributed by atoms with E-state index in [0.717, 1.165) is 17.5 Å². The Bertz CT molecular complexity index is 1190.